The standard InChI is InChI=1S/C14H18N2/c1-9-14(12(15)8-10-6-7-10)11-4-2-3-5-13(11)16-9/h2-5,10,12,16H,6-8,15H2,1H3/t12-/m0/s1. The van der Waals surface area contributed by atoms with Gasteiger partial charge in [0.25, 0.3) is 0 Å². The van der Waals surface area contributed by atoms with Crippen LogP contribution in [-0.4, -0.2) is 4.98 Å². The van der Waals surface area contributed by atoms with Crippen molar-refractivity contribution in [1.82, 2.24) is 4.98 Å². The molecule has 1 heterocycles. The molecule has 1 fully saturated rings. The molecular weight excluding hydrogens is 196 g/mol. The van der Waals surface area contributed by atoms with Crippen LogP contribution < -0.4 is 5.73 Å². The Kier molecular flexibility index (Phi) is 2.25. The smallest absolute Gasteiger partial charge is 0.0459 e. The summed E-state index contributed by atoms with van der Waals surface area (Å²) >= 11 is 0. The minimum Gasteiger partial charge on any atom is -0.358 e. The van der Waals surface area contributed by atoms with E-state index in [4.69, 9.17) is 5.73 Å². The molecule has 1 aliphatic carbocycles. The quantitative estimate of drug-likeness (QED) is 0.809. The van der Waals surface area contributed by atoms with Gasteiger partial charge in [-0.25, -0.2) is 0 Å². The van der Waals surface area contributed by atoms with Crippen LogP contribution >= 0.6 is 0 Å². The molecule has 2 nitrogen and oxygen atoms in total. The van der Waals surface area contributed by atoms with Gasteiger partial charge in [0.05, 0.1) is 0 Å². The minimum absolute atomic E-state index is 0.198. The Hall–Kier alpha value is -1.28. The molecule has 0 saturated heterocycles. The normalized spacial score (nSPS) is 17.9. The molecule has 3 N–H and O–H groups in total. The highest BCUT2D eigenvalue weighted by Gasteiger charge is 2.26. The first kappa shape index (κ1) is 9.91. The van der Waals surface area contributed by atoms with Crippen molar-refractivity contribution in [3.63, 3.8) is 0 Å². The van der Waals surface area contributed by atoms with Gasteiger partial charge in [0.15, 0.2) is 0 Å². The van der Waals surface area contributed by atoms with Crippen LogP contribution in [0.25, 0.3) is 10.9 Å². The van der Waals surface area contributed by atoms with Crippen LogP contribution in [0.3, 0.4) is 0 Å². The van der Waals surface area contributed by atoms with Crippen LogP contribution in [0.5, 0.6) is 0 Å². The van der Waals surface area contributed by atoms with Gasteiger partial charge in [-0.2, -0.15) is 0 Å². The number of hydrogen-bond donors (Lipinski definition) is 2. The second kappa shape index (κ2) is 3.63. The van der Waals surface area contributed by atoms with Gasteiger partial charge in [0.2, 0.25) is 0 Å². The molecule has 2 heteroatoms. The number of aromatic amines is 1. The van der Waals surface area contributed by atoms with Crippen molar-refractivity contribution in [2.75, 3.05) is 0 Å². The van der Waals surface area contributed by atoms with Crippen molar-refractivity contribution < 1.29 is 0 Å². The second-order valence-electron chi connectivity index (χ2n) is 4.99. The third kappa shape index (κ3) is 1.63. The maximum absolute atomic E-state index is 6.33. The first-order valence-corrected chi connectivity index (χ1v) is 6.08. The van der Waals surface area contributed by atoms with E-state index >= 15 is 0 Å². The molecule has 0 amide bonds. The summed E-state index contributed by atoms with van der Waals surface area (Å²) in [5, 5.41) is 1.30. The van der Waals surface area contributed by atoms with Gasteiger partial charge in [-0.05, 0) is 30.9 Å². The summed E-state index contributed by atoms with van der Waals surface area (Å²) < 4.78 is 0. The molecule has 0 spiro atoms. The number of rotatable bonds is 3. The summed E-state index contributed by atoms with van der Waals surface area (Å²) in [6, 6.07) is 8.64. The summed E-state index contributed by atoms with van der Waals surface area (Å²) in [6.45, 7) is 2.13. The topological polar surface area (TPSA) is 41.8 Å². The van der Waals surface area contributed by atoms with E-state index in [-0.39, 0.29) is 6.04 Å². The zero-order chi connectivity index (χ0) is 11.1. The lowest BCUT2D eigenvalue weighted by atomic mass is 9.99. The van der Waals surface area contributed by atoms with E-state index in [1.807, 2.05) is 0 Å². The average Bonchev–Trinajstić information content (AvgIpc) is 2.98. The number of fused-ring (bicyclic) bond motifs is 1. The molecule has 0 bridgehead atoms. The lowest BCUT2D eigenvalue weighted by Gasteiger charge is -2.11. The van der Waals surface area contributed by atoms with Crippen LogP contribution in [0, 0.1) is 12.8 Å². The van der Waals surface area contributed by atoms with Crippen molar-refractivity contribution in [1.29, 1.82) is 0 Å². The molecule has 0 aliphatic heterocycles. The maximum atomic E-state index is 6.33. The van der Waals surface area contributed by atoms with Gasteiger partial charge >= 0.3 is 0 Å². The fourth-order valence-corrected chi connectivity index (χ4v) is 2.61. The molecule has 84 valence electrons. The minimum atomic E-state index is 0.198. The summed E-state index contributed by atoms with van der Waals surface area (Å²) in [6.07, 6.45) is 3.88. The van der Waals surface area contributed by atoms with Gasteiger partial charge in [0, 0.05) is 22.6 Å². The number of hydrogen-bond acceptors (Lipinski definition) is 1. The van der Waals surface area contributed by atoms with Crippen molar-refractivity contribution >= 4 is 10.9 Å². The van der Waals surface area contributed by atoms with Crippen LogP contribution in [-0.2, 0) is 0 Å². The lowest BCUT2D eigenvalue weighted by molar-refractivity contribution is 0.597. The highest BCUT2D eigenvalue weighted by molar-refractivity contribution is 5.85. The van der Waals surface area contributed by atoms with E-state index in [9.17, 15) is 0 Å². The van der Waals surface area contributed by atoms with Crippen LogP contribution in [0.1, 0.15) is 36.6 Å². The molecule has 1 saturated carbocycles. The van der Waals surface area contributed by atoms with Crippen LogP contribution in [0.2, 0.25) is 0 Å². The molecule has 1 atom stereocenters. The first-order valence-electron chi connectivity index (χ1n) is 6.08. The van der Waals surface area contributed by atoms with E-state index in [0.717, 1.165) is 12.3 Å². The summed E-state index contributed by atoms with van der Waals surface area (Å²) in [5.41, 5.74) is 10.1. The van der Waals surface area contributed by atoms with Gasteiger partial charge in [0.1, 0.15) is 0 Å². The predicted molar refractivity (Wildman–Crippen MR) is 67.3 cm³/mol. The molecule has 0 radical (unpaired) electrons. The number of nitrogens with two attached hydrogens (primary N) is 1. The fraction of sp³-hybridized carbons (Fsp3) is 0.429. The fourth-order valence-electron chi connectivity index (χ4n) is 2.61. The molecule has 16 heavy (non-hydrogen) atoms. The number of para-hydroxylation sites is 1. The van der Waals surface area contributed by atoms with E-state index in [2.05, 4.69) is 36.2 Å². The zero-order valence-corrected chi connectivity index (χ0v) is 9.66. The van der Waals surface area contributed by atoms with E-state index in [1.165, 1.54) is 35.0 Å². The molecule has 3 rings (SSSR count). The van der Waals surface area contributed by atoms with E-state index in [1.54, 1.807) is 0 Å². The third-order valence-corrected chi connectivity index (χ3v) is 3.60. The largest absolute Gasteiger partial charge is 0.358 e. The monoisotopic (exact) mass is 214 g/mol. The van der Waals surface area contributed by atoms with E-state index < -0.39 is 0 Å². The van der Waals surface area contributed by atoms with Crippen molar-refractivity contribution in [2.24, 2.45) is 11.7 Å². The van der Waals surface area contributed by atoms with Crippen LogP contribution in [0.15, 0.2) is 24.3 Å². The molecule has 2 aromatic rings. The summed E-state index contributed by atoms with van der Waals surface area (Å²) in [5.74, 6) is 0.878. The summed E-state index contributed by atoms with van der Waals surface area (Å²) in [7, 11) is 0. The number of benzene rings is 1. The van der Waals surface area contributed by atoms with Crippen LogP contribution in [0.4, 0.5) is 0 Å². The van der Waals surface area contributed by atoms with Gasteiger partial charge < -0.3 is 10.7 Å². The number of aryl methyl sites for hydroxylation is 1. The first-order chi connectivity index (χ1) is 7.75. The van der Waals surface area contributed by atoms with Gasteiger partial charge in [-0.1, -0.05) is 31.0 Å². The molecular formula is C14H18N2. The molecule has 0 unspecified atom stereocenters. The molecule has 1 aromatic heterocycles. The number of aromatic nitrogens is 1. The van der Waals surface area contributed by atoms with Crippen molar-refractivity contribution in [3.05, 3.63) is 35.5 Å². The van der Waals surface area contributed by atoms with Gasteiger partial charge in [-0.3, -0.25) is 0 Å². The molecule has 1 aromatic carbocycles. The Morgan fingerprint density at radius 2 is 2.12 bits per heavy atom. The highest BCUT2D eigenvalue weighted by Crippen LogP contribution is 2.39. The average molecular weight is 214 g/mol. The highest BCUT2D eigenvalue weighted by atomic mass is 14.7. The Labute approximate surface area is 95.8 Å². The van der Waals surface area contributed by atoms with Crippen molar-refractivity contribution in [2.45, 2.75) is 32.2 Å². The van der Waals surface area contributed by atoms with Crippen molar-refractivity contribution in [3.8, 4) is 0 Å². The number of nitrogens with one attached hydrogen (secondary N) is 1. The zero-order valence-electron chi connectivity index (χ0n) is 9.66. The second-order valence-corrected chi connectivity index (χ2v) is 4.99. The van der Waals surface area contributed by atoms with Gasteiger partial charge in [-0.15, -0.1) is 0 Å². The predicted octanol–water partition coefficient (Wildman–Crippen LogP) is 3.28. The Morgan fingerprint density at radius 1 is 1.38 bits per heavy atom. The Morgan fingerprint density at radius 3 is 2.88 bits per heavy atom. The Balaban J connectivity index is 2.03. The summed E-state index contributed by atoms with van der Waals surface area (Å²) in [4.78, 5) is 3.42. The SMILES string of the molecule is Cc1[nH]c2ccccc2c1[C@@H](N)CC1CC1. The molecule has 1 aliphatic rings. The Bertz CT molecular complexity index is 508. The third-order valence-electron chi connectivity index (χ3n) is 3.60. The lowest BCUT2D eigenvalue weighted by Crippen LogP contribution is -2.11. The number of H-pyrrole nitrogens is 1. The maximum Gasteiger partial charge on any atom is 0.0459 e. The van der Waals surface area contributed by atoms with E-state index in [0.29, 0.717) is 0 Å².